The SMILES string of the molecule is CC1(C)C2=C(C=CCC2)c2ccc(N(c3ccc(-c4ccccc4)cc3)c3c(Nc4ccc5c(c4)C(C)(C)c4ccccc4-5)ccccccc4cc5c(cc34)-c3ccccc3C5(C)C)cc21. The molecule has 8 aromatic rings. The number of hydrogen-bond acceptors (Lipinski definition) is 2. The van der Waals surface area contributed by atoms with Crippen LogP contribution in [0.15, 0.2) is 206 Å². The van der Waals surface area contributed by atoms with E-state index in [1.165, 1.54) is 77.7 Å². The Kier molecular flexibility index (Phi) is 9.39. The van der Waals surface area contributed by atoms with Gasteiger partial charge in [0.1, 0.15) is 0 Å². The number of hydrogen-bond donors (Lipinski definition) is 1. The molecule has 0 atom stereocenters. The summed E-state index contributed by atoms with van der Waals surface area (Å²) in [6, 6.07) is 70.3. The quantitative estimate of drug-likeness (QED) is 0.179. The van der Waals surface area contributed by atoms with Crippen molar-refractivity contribution in [3.63, 3.8) is 0 Å². The van der Waals surface area contributed by atoms with Crippen molar-refractivity contribution in [1.82, 2.24) is 0 Å². The molecule has 0 spiro atoms. The maximum absolute atomic E-state index is 4.13. The minimum atomic E-state index is -0.154. The topological polar surface area (TPSA) is 15.3 Å². The third kappa shape index (κ3) is 6.44. The normalized spacial score (nSPS) is 16.0. The van der Waals surface area contributed by atoms with Crippen molar-refractivity contribution in [3.05, 3.63) is 239 Å². The van der Waals surface area contributed by atoms with Crippen LogP contribution >= 0.6 is 0 Å². The summed E-state index contributed by atoms with van der Waals surface area (Å²) in [5, 5.41) is 6.46. The van der Waals surface area contributed by atoms with E-state index in [0.717, 1.165) is 46.7 Å². The zero-order valence-corrected chi connectivity index (χ0v) is 39.4. The third-order valence-corrected chi connectivity index (χ3v) is 15.6. The molecule has 1 N–H and O–H groups in total. The lowest BCUT2D eigenvalue weighted by Gasteiger charge is -2.31. The van der Waals surface area contributed by atoms with Crippen molar-refractivity contribution in [2.24, 2.45) is 0 Å². The molecule has 326 valence electrons. The predicted octanol–water partition coefficient (Wildman–Crippen LogP) is 17.9. The molecule has 2 nitrogen and oxygen atoms in total. The van der Waals surface area contributed by atoms with Crippen LogP contribution in [0.3, 0.4) is 0 Å². The number of benzene rings is 7. The van der Waals surface area contributed by atoms with Gasteiger partial charge in [0.15, 0.2) is 0 Å². The molecule has 0 saturated heterocycles. The Morgan fingerprint density at radius 2 is 1.00 bits per heavy atom. The Labute approximate surface area is 396 Å². The minimum Gasteiger partial charge on any atom is -0.354 e. The van der Waals surface area contributed by atoms with Crippen molar-refractivity contribution in [2.45, 2.75) is 70.6 Å². The van der Waals surface area contributed by atoms with Crippen LogP contribution in [0.4, 0.5) is 28.4 Å². The minimum absolute atomic E-state index is 0.101. The van der Waals surface area contributed by atoms with Gasteiger partial charge in [-0.1, -0.05) is 193 Å². The molecule has 4 aliphatic rings. The monoisotopic (exact) mass is 864 g/mol. The van der Waals surface area contributed by atoms with Crippen LogP contribution in [0.2, 0.25) is 0 Å². The number of rotatable bonds is 6. The predicted molar refractivity (Wildman–Crippen MR) is 285 cm³/mol. The van der Waals surface area contributed by atoms with Crippen molar-refractivity contribution in [3.8, 4) is 33.4 Å². The Balaban J connectivity index is 1.16. The summed E-state index contributed by atoms with van der Waals surface area (Å²) in [5.41, 5.74) is 23.7. The fourth-order valence-electron chi connectivity index (χ4n) is 12.0. The van der Waals surface area contributed by atoms with E-state index in [9.17, 15) is 0 Å². The van der Waals surface area contributed by atoms with Gasteiger partial charge in [-0.05, 0) is 145 Å². The van der Waals surface area contributed by atoms with Gasteiger partial charge in [-0.25, -0.2) is 0 Å². The first-order chi connectivity index (χ1) is 32.5. The molecule has 0 saturated carbocycles. The largest absolute Gasteiger partial charge is 0.354 e. The second-order valence-corrected chi connectivity index (χ2v) is 20.5. The van der Waals surface area contributed by atoms with Gasteiger partial charge in [0.25, 0.3) is 0 Å². The highest BCUT2D eigenvalue weighted by molar-refractivity contribution is 6.07. The van der Waals surface area contributed by atoms with E-state index < -0.39 is 0 Å². The van der Waals surface area contributed by atoms with Gasteiger partial charge in [-0.3, -0.25) is 0 Å². The smallest absolute Gasteiger partial charge is 0.0775 e. The van der Waals surface area contributed by atoms with Gasteiger partial charge in [0.05, 0.1) is 11.4 Å². The Hall–Kier alpha value is -7.42. The van der Waals surface area contributed by atoms with E-state index in [2.05, 4.69) is 252 Å². The van der Waals surface area contributed by atoms with E-state index in [4.69, 9.17) is 0 Å². The maximum atomic E-state index is 4.13. The summed E-state index contributed by atoms with van der Waals surface area (Å²) in [5.74, 6) is 0. The van der Waals surface area contributed by atoms with Crippen LogP contribution in [0.25, 0.3) is 49.7 Å². The molecule has 4 aliphatic carbocycles. The summed E-state index contributed by atoms with van der Waals surface area (Å²) in [4.78, 5) is 2.54. The van der Waals surface area contributed by atoms with E-state index in [1.807, 2.05) is 0 Å². The molecule has 0 amide bonds. The number of nitrogens with one attached hydrogen (secondary N) is 1. The lowest BCUT2D eigenvalue weighted by molar-refractivity contribution is 0.607. The first-order valence-corrected chi connectivity index (χ1v) is 24.1. The molecular weight excluding hydrogens is 809 g/mol. The van der Waals surface area contributed by atoms with Gasteiger partial charge >= 0.3 is 0 Å². The van der Waals surface area contributed by atoms with Gasteiger partial charge in [0.2, 0.25) is 0 Å². The Bertz CT molecular complexity index is 3450. The molecule has 0 unspecified atom stereocenters. The fraction of sp³-hybridized carbons (Fsp3) is 0.169. The first kappa shape index (κ1) is 41.0. The summed E-state index contributed by atoms with van der Waals surface area (Å²) in [6.45, 7) is 14.3. The molecule has 12 rings (SSSR count). The van der Waals surface area contributed by atoms with Gasteiger partial charge in [-0.15, -0.1) is 0 Å². The number of anilines is 5. The fourth-order valence-corrected chi connectivity index (χ4v) is 12.0. The molecule has 0 aromatic heterocycles. The molecule has 8 aromatic carbocycles. The van der Waals surface area contributed by atoms with Crippen molar-refractivity contribution in [1.29, 1.82) is 0 Å². The maximum Gasteiger partial charge on any atom is 0.0775 e. The van der Waals surface area contributed by atoms with Crippen molar-refractivity contribution < 1.29 is 0 Å². The second-order valence-electron chi connectivity index (χ2n) is 20.5. The van der Waals surface area contributed by atoms with E-state index in [1.54, 1.807) is 5.57 Å². The highest BCUT2D eigenvalue weighted by Crippen LogP contribution is 2.55. The Morgan fingerprint density at radius 1 is 0.433 bits per heavy atom. The van der Waals surface area contributed by atoms with Crippen LogP contribution in [0.1, 0.15) is 87.8 Å². The van der Waals surface area contributed by atoms with Crippen molar-refractivity contribution in [2.75, 3.05) is 10.2 Å². The molecular formula is C65H56N2. The van der Waals surface area contributed by atoms with Gasteiger partial charge in [-0.2, -0.15) is 0 Å². The highest BCUT2D eigenvalue weighted by atomic mass is 15.2. The lowest BCUT2D eigenvalue weighted by Crippen LogP contribution is -2.19. The number of nitrogens with zero attached hydrogens (tertiary/aromatic N) is 1. The van der Waals surface area contributed by atoms with Crippen LogP contribution in [-0.4, -0.2) is 0 Å². The van der Waals surface area contributed by atoms with Crippen LogP contribution in [0, 0.1) is 0 Å². The summed E-state index contributed by atoms with van der Waals surface area (Å²) < 4.78 is 0. The Morgan fingerprint density at radius 3 is 1.75 bits per heavy atom. The summed E-state index contributed by atoms with van der Waals surface area (Å²) in [7, 11) is 0. The molecule has 0 bridgehead atoms. The zero-order chi connectivity index (χ0) is 45.7. The molecule has 0 fully saturated rings. The number of allylic oxidation sites excluding steroid dienone is 4. The molecule has 0 aliphatic heterocycles. The van der Waals surface area contributed by atoms with Gasteiger partial charge < -0.3 is 10.2 Å². The second kappa shape index (κ2) is 15.3. The van der Waals surface area contributed by atoms with E-state index >= 15 is 0 Å². The third-order valence-electron chi connectivity index (χ3n) is 15.6. The summed E-state index contributed by atoms with van der Waals surface area (Å²) in [6.07, 6.45) is 6.90. The van der Waals surface area contributed by atoms with Crippen LogP contribution in [0.5, 0.6) is 0 Å². The van der Waals surface area contributed by atoms with Crippen molar-refractivity contribution >= 4 is 44.8 Å². The molecule has 0 radical (unpaired) electrons. The average molecular weight is 865 g/mol. The summed E-state index contributed by atoms with van der Waals surface area (Å²) >= 11 is 0. The molecule has 67 heavy (non-hydrogen) atoms. The lowest BCUT2D eigenvalue weighted by atomic mass is 9.78. The van der Waals surface area contributed by atoms with Crippen LogP contribution in [-0.2, 0) is 16.2 Å². The molecule has 0 heterocycles. The highest BCUT2D eigenvalue weighted by Gasteiger charge is 2.39. The van der Waals surface area contributed by atoms with Crippen LogP contribution < -0.4 is 10.2 Å². The standard InChI is InChI=1S/C65H56N2/c1-63(2)57-28-19-16-25-50(57)54-41-53-44(38-58(54)63)22-10-7-8-13-29-61(66-45-32-36-51-48-23-14-17-26-55(48)64(3,4)59(51)39-45)62(53)67(46-33-30-43(31-34-46)42-20-11-9-12-21-42)47-35-37-52-49-24-15-18-27-56(49)65(5,6)60(52)40-47/h7-17,19-26,28-41,66H,18,27H2,1-6H3. The van der Waals surface area contributed by atoms with E-state index in [-0.39, 0.29) is 16.2 Å². The number of fused-ring (bicyclic) bond motifs is 9. The van der Waals surface area contributed by atoms with E-state index in [0.29, 0.717) is 0 Å². The first-order valence-electron chi connectivity index (χ1n) is 24.1. The average Bonchev–Trinajstić information content (AvgIpc) is 3.83. The van der Waals surface area contributed by atoms with Gasteiger partial charge in [0, 0.05) is 38.7 Å². The molecule has 2 heteroatoms. The zero-order valence-electron chi connectivity index (χ0n) is 39.4.